The number of aromatic nitrogens is 5. The van der Waals surface area contributed by atoms with Gasteiger partial charge in [0.05, 0.1) is 16.6 Å². The average Bonchev–Trinajstić information content (AvgIpc) is 3.08. The van der Waals surface area contributed by atoms with Crippen molar-refractivity contribution in [3.8, 4) is 11.4 Å². The van der Waals surface area contributed by atoms with E-state index in [4.69, 9.17) is 0 Å². The van der Waals surface area contributed by atoms with E-state index < -0.39 is 5.82 Å². The van der Waals surface area contributed by atoms with Crippen LogP contribution in [0.2, 0.25) is 0 Å². The van der Waals surface area contributed by atoms with Crippen molar-refractivity contribution < 1.29 is 4.39 Å². The third-order valence-electron chi connectivity index (χ3n) is 5.77. The maximum Gasteiger partial charge on any atom is 0.261 e. The third-order valence-corrected chi connectivity index (χ3v) is 5.77. The van der Waals surface area contributed by atoms with Crippen molar-refractivity contribution in [2.75, 3.05) is 0 Å². The molecular weight excluding hydrogens is 383 g/mol. The Kier molecular flexibility index (Phi) is 4.39. The first kappa shape index (κ1) is 18.9. The summed E-state index contributed by atoms with van der Waals surface area (Å²) in [5.41, 5.74) is 2.00. The molecule has 0 aliphatic carbocycles. The molecule has 0 radical (unpaired) electrons. The molecular formula is C22H23FN6O. The van der Waals surface area contributed by atoms with Gasteiger partial charge in [-0.2, -0.15) is 0 Å². The highest BCUT2D eigenvalue weighted by atomic mass is 19.1. The van der Waals surface area contributed by atoms with Gasteiger partial charge in [0.2, 0.25) is 0 Å². The fourth-order valence-electron chi connectivity index (χ4n) is 4.53. The Morgan fingerprint density at radius 2 is 1.93 bits per heavy atom. The normalized spacial score (nSPS) is 22.1. The van der Waals surface area contributed by atoms with Crippen molar-refractivity contribution >= 4 is 16.6 Å². The minimum atomic E-state index is -0.436. The number of rotatable bonds is 2. The first-order valence-electron chi connectivity index (χ1n) is 10.2. The van der Waals surface area contributed by atoms with E-state index in [9.17, 15) is 9.18 Å². The topological polar surface area (TPSA) is 77.1 Å². The SMILES string of the molecule is Cc1cn2cc(-c3ncc4c(=O)n(C5C[C@@H](C)N[C@@H](C)C5)ccc4n3)cc(F)c2n1. The molecule has 0 spiro atoms. The molecule has 0 saturated carbocycles. The van der Waals surface area contributed by atoms with Crippen LogP contribution in [0.15, 0.2) is 41.7 Å². The minimum absolute atomic E-state index is 0.0859. The van der Waals surface area contributed by atoms with Gasteiger partial charge in [-0.05, 0) is 45.7 Å². The number of aryl methyl sites for hydroxylation is 1. The summed E-state index contributed by atoms with van der Waals surface area (Å²) >= 11 is 0. The fourth-order valence-corrected chi connectivity index (χ4v) is 4.53. The van der Waals surface area contributed by atoms with Crippen molar-refractivity contribution in [1.82, 2.24) is 29.2 Å². The number of imidazole rings is 1. The van der Waals surface area contributed by atoms with Crippen molar-refractivity contribution in [3.05, 3.63) is 58.8 Å². The second-order valence-electron chi connectivity index (χ2n) is 8.30. The lowest BCUT2D eigenvalue weighted by molar-refractivity contribution is 0.260. The van der Waals surface area contributed by atoms with Crippen LogP contribution in [0.5, 0.6) is 0 Å². The summed E-state index contributed by atoms with van der Waals surface area (Å²) in [5, 5.41) is 3.98. The van der Waals surface area contributed by atoms with Gasteiger partial charge >= 0.3 is 0 Å². The van der Waals surface area contributed by atoms with Gasteiger partial charge in [0.15, 0.2) is 17.3 Å². The van der Waals surface area contributed by atoms with E-state index in [1.54, 1.807) is 27.6 Å². The Morgan fingerprint density at radius 1 is 1.17 bits per heavy atom. The zero-order chi connectivity index (χ0) is 21.0. The molecule has 4 aromatic rings. The molecule has 8 heteroatoms. The predicted molar refractivity (Wildman–Crippen MR) is 113 cm³/mol. The highest BCUT2D eigenvalue weighted by molar-refractivity contribution is 5.78. The molecule has 1 saturated heterocycles. The molecule has 0 aromatic carbocycles. The third kappa shape index (κ3) is 3.17. The zero-order valence-electron chi connectivity index (χ0n) is 17.1. The monoisotopic (exact) mass is 406 g/mol. The van der Waals surface area contributed by atoms with E-state index in [1.807, 2.05) is 19.2 Å². The van der Waals surface area contributed by atoms with E-state index in [0.29, 0.717) is 34.4 Å². The number of halogens is 1. The molecule has 1 N–H and O–H groups in total. The van der Waals surface area contributed by atoms with E-state index in [-0.39, 0.29) is 17.2 Å². The van der Waals surface area contributed by atoms with E-state index in [2.05, 4.69) is 34.1 Å². The van der Waals surface area contributed by atoms with Crippen LogP contribution in [0.1, 0.15) is 38.4 Å². The molecule has 1 aliphatic heterocycles. The van der Waals surface area contributed by atoms with Crippen LogP contribution in [-0.4, -0.2) is 36.0 Å². The summed E-state index contributed by atoms with van der Waals surface area (Å²) in [4.78, 5) is 26.2. The molecule has 7 nitrogen and oxygen atoms in total. The molecule has 154 valence electrons. The molecule has 5 rings (SSSR count). The number of pyridine rings is 2. The molecule has 1 aliphatic rings. The predicted octanol–water partition coefficient (Wildman–Crippen LogP) is 3.26. The van der Waals surface area contributed by atoms with Crippen LogP contribution < -0.4 is 10.9 Å². The Bertz CT molecular complexity index is 1320. The highest BCUT2D eigenvalue weighted by Crippen LogP contribution is 2.25. The van der Waals surface area contributed by atoms with Gasteiger partial charge in [0.1, 0.15) is 0 Å². The second kappa shape index (κ2) is 6.98. The summed E-state index contributed by atoms with van der Waals surface area (Å²) in [7, 11) is 0. The zero-order valence-corrected chi connectivity index (χ0v) is 17.1. The summed E-state index contributed by atoms with van der Waals surface area (Å²) in [6.07, 6.45) is 8.67. The molecule has 0 bridgehead atoms. The fraction of sp³-hybridized carbons (Fsp3) is 0.364. The Labute approximate surface area is 172 Å². The molecule has 3 atom stereocenters. The van der Waals surface area contributed by atoms with Crippen molar-refractivity contribution in [2.45, 2.75) is 51.7 Å². The van der Waals surface area contributed by atoms with Gasteiger partial charge in [-0.3, -0.25) is 4.79 Å². The smallest absolute Gasteiger partial charge is 0.261 e. The number of piperidine rings is 1. The molecule has 30 heavy (non-hydrogen) atoms. The summed E-state index contributed by atoms with van der Waals surface area (Å²) in [6, 6.07) is 4.08. The quantitative estimate of drug-likeness (QED) is 0.553. The largest absolute Gasteiger partial charge is 0.312 e. The van der Waals surface area contributed by atoms with Gasteiger partial charge in [-0.15, -0.1) is 0 Å². The van der Waals surface area contributed by atoms with Crippen LogP contribution in [0.25, 0.3) is 27.9 Å². The van der Waals surface area contributed by atoms with Crippen LogP contribution in [-0.2, 0) is 0 Å². The maximum atomic E-state index is 14.4. The number of nitrogens with one attached hydrogen (secondary N) is 1. The molecule has 1 unspecified atom stereocenters. The number of nitrogens with zero attached hydrogens (tertiary/aromatic N) is 5. The number of fused-ring (bicyclic) bond motifs is 2. The average molecular weight is 406 g/mol. The van der Waals surface area contributed by atoms with Gasteiger partial charge in [0.25, 0.3) is 5.56 Å². The highest BCUT2D eigenvalue weighted by Gasteiger charge is 2.25. The number of hydrogen-bond donors (Lipinski definition) is 1. The Morgan fingerprint density at radius 3 is 2.70 bits per heavy atom. The maximum absolute atomic E-state index is 14.4. The lowest BCUT2D eigenvalue weighted by atomic mass is 9.95. The van der Waals surface area contributed by atoms with Crippen LogP contribution in [0, 0.1) is 12.7 Å². The van der Waals surface area contributed by atoms with Gasteiger partial charge in [-0.25, -0.2) is 19.3 Å². The standard InChI is InChI=1S/C22H23FN6O/c1-12-6-16(7-13(2)25-12)29-5-4-19-17(22(29)30)9-24-20(27-19)15-8-18(23)21-26-14(3)10-28(21)11-15/h4-5,8-13,16,25H,6-7H2,1-3H3/t12-,13+,16?. The van der Waals surface area contributed by atoms with Crippen molar-refractivity contribution in [2.24, 2.45) is 0 Å². The number of hydrogen-bond acceptors (Lipinski definition) is 5. The second-order valence-corrected chi connectivity index (χ2v) is 8.30. The van der Waals surface area contributed by atoms with Crippen molar-refractivity contribution in [3.63, 3.8) is 0 Å². The lowest BCUT2D eigenvalue weighted by Crippen LogP contribution is -2.44. The summed E-state index contributed by atoms with van der Waals surface area (Å²) in [6.45, 7) is 6.09. The van der Waals surface area contributed by atoms with Crippen LogP contribution >= 0.6 is 0 Å². The first-order chi connectivity index (χ1) is 14.4. The molecule has 0 amide bonds. The van der Waals surface area contributed by atoms with Crippen LogP contribution in [0.3, 0.4) is 0 Å². The molecule has 4 aromatic heterocycles. The van der Waals surface area contributed by atoms with Gasteiger partial charge < -0.3 is 14.3 Å². The van der Waals surface area contributed by atoms with E-state index in [0.717, 1.165) is 18.5 Å². The Balaban J connectivity index is 1.57. The molecule has 5 heterocycles. The first-order valence-corrected chi connectivity index (χ1v) is 10.2. The van der Waals surface area contributed by atoms with Gasteiger partial charge in [-0.1, -0.05) is 0 Å². The van der Waals surface area contributed by atoms with Gasteiger partial charge in [0, 0.05) is 48.5 Å². The van der Waals surface area contributed by atoms with E-state index in [1.165, 1.54) is 6.07 Å². The lowest BCUT2D eigenvalue weighted by Gasteiger charge is -2.34. The van der Waals surface area contributed by atoms with Crippen molar-refractivity contribution in [1.29, 1.82) is 0 Å². The Hall–Kier alpha value is -3.13. The minimum Gasteiger partial charge on any atom is -0.312 e. The summed E-state index contributed by atoms with van der Waals surface area (Å²) in [5.74, 6) is -0.0650. The van der Waals surface area contributed by atoms with E-state index >= 15 is 0 Å². The molecule has 1 fully saturated rings. The summed E-state index contributed by atoms with van der Waals surface area (Å²) < 4.78 is 17.9. The van der Waals surface area contributed by atoms with Crippen LogP contribution in [0.4, 0.5) is 4.39 Å².